The number of carboxylic acid groups (broad SMARTS) is 1. The van der Waals surface area contributed by atoms with Crippen molar-refractivity contribution in [2.24, 2.45) is 17.2 Å². The van der Waals surface area contributed by atoms with Crippen molar-refractivity contribution in [1.29, 1.82) is 0 Å². The zero-order valence-electron chi connectivity index (χ0n) is 17.8. The molecule has 5 unspecified atom stereocenters. The van der Waals surface area contributed by atoms with Crippen LogP contribution < -0.4 is 33.2 Å². The molecule has 0 rings (SSSR count). The highest BCUT2D eigenvalue weighted by molar-refractivity contribution is 5.94. The van der Waals surface area contributed by atoms with Crippen molar-refractivity contribution in [3.8, 4) is 0 Å². The largest absolute Gasteiger partial charge is 0.480 e. The molecule has 0 aliphatic rings. The topological polar surface area (TPSA) is 240 Å². The van der Waals surface area contributed by atoms with Crippen LogP contribution in [0.2, 0.25) is 0 Å². The maximum atomic E-state index is 12.4. The number of carbonyl (C=O) groups is 5. The highest BCUT2D eigenvalue weighted by Crippen LogP contribution is 2.03. The summed E-state index contributed by atoms with van der Waals surface area (Å²) in [6.07, 6.45) is -0.230. The predicted molar refractivity (Wildman–Crippen MR) is 110 cm³/mol. The van der Waals surface area contributed by atoms with Gasteiger partial charge in [0, 0.05) is 6.42 Å². The molecule has 4 amide bonds. The van der Waals surface area contributed by atoms with Crippen molar-refractivity contribution in [3.05, 3.63) is 0 Å². The van der Waals surface area contributed by atoms with E-state index < -0.39 is 59.9 Å². The summed E-state index contributed by atoms with van der Waals surface area (Å²) >= 11 is 0. The van der Waals surface area contributed by atoms with Gasteiger partial charge in [0.25, 0.3) is 0 Å². The van der Waals surface area contributed by atoms with Gasteiger partial charge in [0.05, 0.1) is 12.1 Å². The summed E-state index contributed by atoms with van der Waals surface area (Å²) in [4.78, 5) is 58.9. The molecular formula is C18H34N6O7. The van der Waals surface area contributed by atoms with Crippen LogP contribution in [-0.4, -0.2) is 76.6 Å². The van der Waals surface area contributed by atoms with Crippen LogP contribution in [0.25, 0.3) is 0 Å². The number of aliphatic carboxylic acids is 1. The third kappa shape index (κ3) is 11.3. The number of nitrogens with two attached hydrogens (primary N) is 3. The lowest BCUT2D eigenvalue weighted by atomic mass is 10.1. The minimum absolute atomic E-state index is 0.0468. The SMILES string of the molecule is CC(NC(=O)C(NC(=O)C(N)CCC(N)=O)C(C)O)C(=O)NC(CCCCN)C(=O)O. The Morgan fingerprint density at radius 3 is 2.00 bits per heavy atom. The van der Waals surface area contributed by atoms with Crippen LogP contribution in [0.3, 0.4) is 0 Å². The first-order valence-electron chi connectivity index (χ1n) is 9.96. The number of hydrogen-bond acceptors (Lipinski definition) is 8. The Kier molecular flexibility index (Phi) is 13.0. The zero-order valence-corrected chi connectivity index (χ0v) is 17.8. The van der Waals surface area contributed by atoms with E-state index in [1.807, 2.05) is 0 Å². The van der Waals surface area contributed by atoms with Gasteiger partial charge in [-0.3, -0.25) is 19.2 Å². The van der Waals surface area contributed by atoms with Gasteiger partial charge in [-0.2, -0.15) is 0 Å². The normalized spacial score (nSPS) is 15.6. The number of hydrogen-bond donors (Lipinski definition) is 8. The van der Waals surface area contributed by atoms with E-state index >= 15 is 0 Å². The average Bonchev–Trinajstić information content (AvgIpc) is 2.68. The molecule has 0 aromatic rings. The number of amides is 4. The highest BCUT2D eigenvalue weighted by atomic mass is 16.4. The fourth-order valence-electron chi connectivity index (χ4n) is 2.51. The molecule has 0 saturated carbocycles. The van der Waals surface area contributed by atoms with Gasteiger partial charge in [0.2, 0.25) is 23.6 Å². The Morgan fingerprint density at radius 1 is 0.903 bits per heavy atom. The summed E-state index contributed by atoms with van der Waals surface area (Å²) in [7, 11) is 0. The number of carbonyl (C=O) groups excluding carboxylic acids is 4. The lowest BCUT2D eigenvalue weighted by Crippen LogP contribution is -2.59. The molecule has 11 N–H and O–H groups in total. The molecule has 31 heavy (non-hydrogen) atoms. The first kappa shape index (κ1) is 28.2. The van der Waals surface area contributed by atoms with Crippen molar-refractivity contribution in [2.45, 2.75) is 76.2 Å². The zero-order chi connectivity index (χ0) is 24.1. The van der Waals surface area contributed by atoms with Crippen LogP contribution in [0.4, 0.5) is 0 Å². The van der Waals surface area contributed by atoms with E-state index in [9.17, 15) is 34.2 Å². The van der Waals surface area contributed by atoms with Gasteiger partial charge in [-0.25, -0.2) is 4.79 Å². The molecule has 0 aromatic heterocycles. The summed E-state index contributed by atoms with van der Waals surface area (Å²) in [6, 6.07) is -4.85. The molecule has 0 aromatic carbocycles. The second-order valence-corrected chi connectivity index (χ2v) is 7.25. The highest BCUT2D eigenvalue weighted by Gasteiger charge is 2.30. The fourth-order valence-corrected chi connectivity index (χ4v) is 2.51. The number of rotatable bonds is 15. The maximum Gasteiger partial charge on any atom is 0.326 e. The monoisotopic (exact) mass is 446 g/mol. The lowest BCUT2D eigenvalue weighted by molar-refractivity contribution is -0.142. The molecule has 0 spiro atoms. The van der Waals surface area contributed by atoms with Crippen molar-refractivity contribution < 1.29 is 34.2 Å². The van der Waals surface area contributed by atoms with Gasteiger partial charge in [-0.15, -0.1) is 0 Å². The first-order chi connectivity index (χ1) is 14.4. The van der Waals surface area contributed by atoms with E-state index in [1.165, 1.54) is 13.8 Å². The quantitative estimate of drug-likeness (QED) is 0.117. The fraction of sp³-hybridized carbons (Fsp3) is 0.722. The second-order valence-electron chi connectivity index (χ2n) is 7.25. The molecule has 0 fully saturated rings. The van der Waals surface area contributed by atoms with Crippen LogP contribution in [0, 0.1) is 0 Å². The maximum absolute atomic E-state index is 12.4. The molecule has 0 aliphatic carbocycles. The van der Waals surface area contributed by atoms with E-state index in [4.69, 9.17) is 17.2 Å². The van der Waals surface area contributed by atoms with E-state index in [0.717, 1.165) is 0 Å². The van der Waals surface area contributed by atoms with Crippen molar-refractivity contribution in [1.82, 2.24) is 16.0 Å². The smallest absolute Gasteiger partial charge is 0.326 e. The average molecular weight is 447 g/mol. The third-order valence-electron chi connectivity index (χ3n) is 4.41. The molecular weight excluding hydrogens is 412 g/mol. The van der Waals surface area contributed by atoms with Gasteiger partial charge in [0.1, 0.15) is 18.1 Å². The number of aliphatic hydroxyl groups is 1. The van der Waals surface area contributed by atoms with Crippen LogP contribution in [0.15, 0.2) is 0 Å². The summed E-state index contributed by atoms with van der Waals surface area (Å²) in [5.74, 6) is -4.27. The van der Waals surface area contributed by atoms with E-state index in [1.54, 1.807) is 0 Å². The summed E-state index contributed by atoms with van der Waals surface area (Å²) in [5.41, 5.74) is 16.0. The number of unbranched alkanes of at least 4 members (excludes halogenated alkanes) is 1. The Morgan fingerprint density at radius 2 is 1.52 bits per heavy atom. The molecule has 178 valence electrons. The number of carboxylic acids is 1. The van der Waals surface area contributed by atoms with Crippen LogP contribution in [0.1, 0.15) is 46.0 Å². The standard InChI is InChI=1S/C18H34N6O7/c1-9(15(27)23-12(18(30)31)5-3-4-8-19)22-17(29)14(10(2)25)24-16(28)11(20)6-7-13(21)26/h9-12,14,25H,3-8,19-20H2,1-2H3,(H2,21,26)(H,22,29)(H,23,27)(H,24,28)(H,30,31). The van der Waals surface area contributed by atoms with Gasteiger partial charge >= 0.3 is 5.97 Å². The molecule has 0 bridgehead atoms. The van der Waals surface area contributed by atoms with Crippen LogP contribution in [-0.2, 0) is 24.0 Å². The molecule has 0 aliphatic heterocycles. The van der Waals surface area contributed by atoms with Crippen molar-refractivity contribution >= 4 is 29.6 Å². The van der Waals surface area contributed by atoms with E-state index in [2.05, 4.69) is 16.0 Å². The third-order valence-corrected chi connectivity index (χ3v) is 4.41. The number of primary amides is 1. The molecule has 0 heterocycles. The minimum atomic E-state index is -1.43. The summed E-state index contributed by atoms with van der Waals surface area (Å²) in [5, 5.41) is 26.0. The van der Waals surface area contributed by atoms with Crippen LogP contribution >= 0.6 is 0 Å². The summed E-state index contributed by atoms with van der Waals surface area (Å²) in [6.45, 7) is 2.97. The predicted octanol–water partition coefficient (Wildman–Crippen LogP) is -3.35. The van der Waals surface area contributed by atoms with Gasteiger partial charge < -0.3 is 43.4 Å². The second kappa shape index (κ2) is 14.3. The molecule has 13 nitrogen and oxygen atoms in total. The van der Waals surface area contributed by atoms with Crippen molar-refractivity contribution in [2.75, 3.05) is 6.54 Å². The number of aliphatic hydroxyl groups excluding tert-OH is 1. The Bertz CT molecular complexity index is 643. The Labute approximate surface area is 180 Å². The molecule has 0 radical (unpaired) electrons. The molecule has 13 heteroatoms. The number of nitrogens with one attached hydrogen (secondary N) is 3. The van der Waals surface area contributed by atoms with Gasteiger partial charge in [-0.1, -0.05) is 0 Å². The van der Waals surface area contributed by atoms with E-state index in [-0.39, 0.29) is 19.3 Å². The van der Waals surface area contributed by atoms with Crippen LogP contribution in [0.5, 0.6) is 0 Å². The Balaban J connectivity index is 4.91. The molecule has 5 atom stereocenters. The van der Waals surface area contributed by atoms with Gasteiger partial charge in [0.15, 0.2) is 0 Å². The molecule has 0 saturated heterocycles. The lowest BCUT2D eigenvalue weighted by Gasteiger charge is -2.25. The first-order valence-corrected chi connectivity index (χ1v) is 9.96. The van der Waals surface area contributed by atoms with E-state index in [0.29, 0.717) is 19.4 Å². The Hall–Kier alpha value is -2.77. The van der Waals surface area contributed by atoms with Gasteiger partial charge in [-0.05, 0) is 46.1 Å². The van der Waals surface area contributed by atoms with Crippen molar-refractivity contribution in [3.63, 3.8) is 0 Å². The summed E-state index contributed by atoms with van der Waals surface area (Å²) < 4.78 is 0. The minimum Gasteiger partial charge on any atom is -0.480 e.